The van der Waals surface area contributed by atoms with Gasteiger partial charge in [-0.25, -0.2) is 14.3 Å². The van der Waals surface area contributed by atoms with Crippen molar-refractivity contribution in [3.05, 3.63) is 57.6 Å². The molecular weight excluding hydrogens is 378 g/mol. The fourth-order valence-electron chi connectivity index (χ4n) is 2.98. The summed E-state index contributed by atoms with van der Waals surface area (Å²) >= 11 is 6.09. The van der Waals surface area contributed by atoms with Crippen molar-refractivity contribution in [1.82, 2.24) is 19.5 Å². The maximum Gasteiger partial charge on any atom is 0.347 e. The molecule has 0 amide bonds. The Hall–Kier alpha value is -2.51. The predicted octanol–water partition coefficient (Wildman–Crippen LogP) is 3.05. The van der Waals surface area contributed by atoms with Crippen LogP contribution in [0, 0.1) is 0 Å². The molecule has 0 aliphatic heterocycles. The minimum absolute atomic E-state index is 0.303. The van der Waals surface area contributed by atoms with Crippen molar-refractivity contribution in [3.63, 3.8) is 0 Å². The number of hydrogen-bond acceptors (Lipinski definition) is 5. The molecule has 0 saturated carbocycles. The van der Waals surface area contributed by atoms with Crippen molar-refractivity contribution in [3.8, 4) is 5.75 Å². The van der Waals surface area contributed by atoms with E-state index in [2.05, 4.69) is 46.6 Å². The number of anilines is 1. The first-order chi connectivity index (χ1) is 13.5. The molecule has 150 valence electrons. The molecule has 0 fully saturated rings. The number of ether oxygens (including phenoxy) is 1. The highest BCUT2D eigenvalue weighted by atomic mass is 35.5. The van der Waals surface area contributed by atoms with E-state index in [0.717, 1.165) is 50.4 Å². The van der Waals surface area contributed by atoms with Crippen molar-refractivity contribution >= 4 is 22.9 Å². The molecule has 0 saturated heterocycles. The lowest BCUT2D eigenvalue weighted by Gasteiger charge is -2.11. The Balaban J connectivity index is 1.49. The maximum atomic E-state index is 11.7. The molecule has 0 spiro atoms. The molecule has 7 nitrogen and oxygen atoms in total. The van der Waals surface area contributed by atoms with E-state index in [1.165, 1.54) is 9.96 Å². The Bertz CT molecular complexity index is 967. The minimum atomic E-state index is -0.303. The molecular formula is C20H26ClN5O2. The highest BCUT2D eigenvalue weighted by Gasteiger charge is 2.07. The number of benzene rings is 1. The van der Waals surface area contributed by atoms with Crippen LogP contribution in [0.1, 0.15) is 18.4 Å². The second kappa shape index (κ2) is 9.61. The van der Waals surface area contributed by atoms with Crippen molar-refractivity contribution in [1.29, 1.82) is 0 Å². The van der Waals surface area contributed by atoms with Gasteiger partial charge in [-0.2, -0.15) is 5.10 Å². The number of fused-ring (bicyclic) bond motifs is 1. The van der Waals surface area contributed by atoms with E-state index in [0.29, 0.717) is 10.7 Å². The molecule has 3 rings (SSSR count). The molecule has 2 N–H and O–H groups in total. The van der Waals surface area contributed by atoms with E-state index in [1.54, 1.807) is 12.3 Å². The van der Waals surface area contributed by atoms with E-state index >= 15 is 0 Å². The summed E-state index contributed by atoms with van der Waals surface area (Å²) in [5.41, 5.74) is 2.22. The van der Waals surface area contributed by atoms with Gasteiger partial charge in [0.2, 0.25) is 0 Å². The number of aromatic amines is 1. The number of aromatic nitrogens is 3. The number of rotatable bonds is 10. The summed E-state index contributed by atoms with van der Waals surface area (Å²) in [6.07, 6.45) is 4.41. The summed E-state index contributed by atoms with van der Waals surface area (Å²) in [7, 11) is 4.13. The van der Waals surface area contributed by atoms with Gasteiger partial charge in [-0.05, 0) is 57.1 Å². The first-order valence-electron chi connectivity index (χ1n) is 9.39. The van der Waals surface area contributed by atoms with Crippen LogP contribution < -0.4 is 15.7 Å². The molecule has 0 bridgehead atoms. The van der Waals surface area contributed by atoms with Crippen LogP contribution in [-0.4, -0.2) is 53.3 Å². The van der Waals surface area contributed by atoms with Gasteiger partial charge in [-0.3, -0.25) is 0 Å². The zero-order valence-corrected chi connectivity index (χ0v) is 17.0. The molecule has 0 aliphatic carbocycles. The van der Waals surface area contributed by atoms with Crippen LogP contribution in [0.2, 0.25) is 5.02 Å². The number of nitrogens with zero attached hydrogens (tertiary/aromatic N) is 3. The van der Waals surface area contributed by atoms with Crippen molar-refractivity contribution in [2.24, 2.45) is 0 Å². The third-order valence-corrected chi connectivity index (χ3v) is 4.56. The molecule has 1 aromatic carbocycles. The SMILES string of the molecule is CN(C)CCCOc1cccc(CCCNc2cc(Cl)cn3c(=O)[nH]nc23)c1. The summed E-state index contributed by atoms with van der Waals surface area (Å²) in [6, 6.07) is 10.0. The van der Waals surface area contributed by atoms with E-state index in [-0.39, 0.29) is 5.69 Å². The second-order valence-electron chi connectivity index (χ2n) is 6.98. The van der Waals surface area contributed by atoms with Crippen LogP contribution >= 0.6 is 11.6 Å². The minimum Gasteiger partial charge on any atom is -0.494 e. The van der Waals surface area contributed by atoms with Crippen LogP contribution in [0.5, 0.6) is 5.75 Å². The van der Waals surface area contributed by atoms with E-state index in [9.17, 15) is 4.79 Å². The number of pyridine rings is 1. The number of H-pyrrole nitrogens is 1. The standard InChI is InChI=1S/C20H26ClN5O2/c1-25(2)10-5-11-28-17-8-3-6-15(12-17)7-4-9-22-18-13-16(21)14-26-19(18)23-24-20(26)27/h3,6,8,12-14,22H,4-5,7,9-11H2,1-2H3,(H,24,27). The van der Waals surface area contributed by atoms with Crippen molar-refractivity contribution in [2.45, 2.75) is 19.3 Å². The molecule has 8 heteroatoms. The fourth-order valence-corrected chi connectivity index (χ4v) is 3.19. The van der Waals surface area contributed by atoms with Crippen LogP contribution in [0.25, 0.3) is 5.65 Å². The Morgan fingerprint density at radius 1 is 1.29 bits per heavy atom. The van der Waals surface area contributed by atoms with Crippen molar-refractivity contribution < 1.29 is 4.74 Å². The Morgan fingerprint density at radius 3 is 2.96 bits per heavy atom. The average molecular weight is 404 g/mol. The van der Waals surface area contributed by atoms with Gasteiger partial charge in [0.25, 0.3) is 0 Å². The zero-order chi connectivity index (χ0) is 19.9. The monoisotopic (exact) mass is 403 g/mol. The molecule has 0 atom stereocenters. The van der Waals surface area contributed by atoms with Crippen LogP contribution in [0.15, 0.2) is 41.3 Å². The van der Waals surface area contributed by atoms with Crippen LogP contribution in [0.4, 0.5) is 5.69 Å². The summed E-state index contributed by atoms with van der Waals surface area (Å²) in [5.74, 6) is 0.914. The fraction of sp³-hybridized carbons (Fsp3) is 0.400. The number of nitrogens with one attached hydrogen (secondary N) is 2. The van der Waals surface area contributed by atoms with E-state index in [4.69, 9.17) is 16.3 Å². The lowest BCUT2D eigenvalue weighted by Crippen LogP contribution is -2.15. The summed E-state index contributed by atoms with van der Waals surface area (Å²) in [6.45, 7) is 2.48. The maximum absolute atomic E-state index is 11.7. The number of halogens is 1. The van der Waals surface area contributed by atoms with Gasteiger partial charge in [0.15, 0.2) is 5.65 Å². The number of aryl methyl sites for hydroxylation is 1. The average Bonchev–Trinajstić information content (AvgIpc) is 3.03. The smallest absolute Gasteiger partial charge is 0.347 e. The van der Waals surface area contributed by atoms with Gasteiger partial charge in [-0.1, -0.05) is 23.7 Å². The lowest BCUT2D eigenvalue weighted by atomic mass is 10.1. The quantitative estimate of drug-likeness (QED) is 0.509. The topological polar surface area (TPSA) is 74.7 Å². The highest BCUT2D eigenvalue weighted by molar-refractivity contribution is 6.30. The summed E-state index contributed by atoms with van der Waals surface area (Å²) in [5, 5.41) is 10.3. The van der Waals surface area contributed by atoms with Gasteiger partial charge >= 0.3 is 5.69 Å². The molecule has 0 aliphatic rings. The van der Waals surface area contributed by atoms with Gasteiger partial charge < -0.3 is 15.0 Å². The molecule has 2 aromatic heterocycles. The zero-order valence-electron chi connectivity index (χ0n) is 16.2. The molecule has 2 heterocycles. The predicted molar refractivity (Wildman–Crippen MR) is 113 cm³/mol. The first-order valence-corrected chi connectivity index (χ1v) is 9.77. The van der Waals surface area contributed by atoms with E-state index in [1.807, 2.05) is 12.1 Å². The first kappa shape index (κ1) is 20.2. The van der Waals surface area contributed by atoms with Gasteiger partial charge in [0.05, 0.1) is 17.3 Å². The largest absolute Gasteiger partial charge is 0.494 e. The normalized spacial score (nSPS) is 11.3. The van der Waals surface area contributed by atoms with Crippen LogP contribution in [0.3, 0.4) is 0 Å². The Kier molecular flexibility index (Phi) is 6.95. The summed E-state index contributed by atoms with van der Waals surface area (Å²) < 4.78 is 7.24. The lowest BCUT2D eigenvalue weighted by molar-refractivity contribution is 0.281. The molecule has 28 heavy (non-hydrogen) atoms. The van der Waals surface area contributed by atoms with Gasteiger partial charge in [0.1, 0.15) is 5.75 Å². The third kappa shape index (κ3) is 5.50. The molecule has 0 radical (unpaired) electrons. The highest BCUT2D eigenvalue weighted by Crippen LogP contribution is 2.20. The van der Waals surface area contributed by atoms with E-state index < -0.39 is 0 Å². The summed E-state index contributed by atoms with van der Waals surface area (Å²) in [4.78, 5) is 13.9. The molecule has 3 aromatic rings. The Morgan fingerprint density at radius 2 is 2.14 bits per heavy atom. The Labute approximate surface area is 169 Å². The molecule has 0 unspecified atom stereocenters. The second-order valence-corrected chi connectivity index (χ2v) is 7.41. The third-order valence-electron chi connectivity index (χ3n) is 4.35. The van der Waals surface area contributed by atoms with Crippen LogP contribution in [-0.2, 0) is 6.42 Å². The van der Waals surface area contributed by atoms with Crippen molar-refractivity contribution in [2.75, 3.05) is 39.1 Å². The van der Waals surface area contributed by atoms with Gasteiger partial charge in [-0.15, -0.1) is 0 Å². The van der Waals surface area contributed by atoms with Gasteiger partial charge in [0, 0.05) is 19.3 Å². The number of hydrogen-bond donors (Lipinski definition) is 2.